The minimum Gasteiger partial charge on any atom is -0.465 e. The van der Waals surface area contributed by atoms with Crippen molar-refractivity contribution in [1.29, 1.82) is 0 Å². The van der Waals surface area contributed by atoms with E-state index in [0.717, 1.165) is 0 Å². The monoisotopic (exact) mass is 342 g/mol. The van der Waals surface area contributed by atoms with Crippen LogP contribution in [0.2, 0.25) is 0 Å². The first-order valence-electron chi connectivity index (χ1n) is 7.45. The second kappa shape index (κ2) is 8.49. The van der Waals surface area contributed by atoms with E-state index in [2.05, 4.69) is 15.4 Å². The molecular weight excluding hydrogens is 324 g/mol. The predicted octanol–water partition coefficient (Wildman–Crippen LogP) is 2.31. The lowest BCUT2D eigenvalue weighted by atomic mass is 10.1. The number of ether oxygens (including phenoxy) is 2. The summed E-state index contributed by atoms with van der Waals surface area (Å²) in [5.41, 5.74) is 1.41. The SMILES string of the molecule is COC(=O)c1ccccc1NCC(=O)Nc1ccccc1C(=O)OC. The normalized spacial score (nSPS) is 9.84. The molecule has 0 aliphatic rings. The Morgan fingerprint density at radius 1 is 0.800 bits per heavy atom. The van der Waals surface area contributed by atoms with E-state index in [9.17, 15) is 14.4 Å². The maximum Gasteiger partial charge on any atom is 0.339 e. The molecule has 0 heterocycles. The van der Waals surface area contributed by atoms with Crippen molar-refractivity contribution in [3.8, 4) is 0 Å². The maximum absolute atomic E-state index is 12.2. The molecule has 0 unspecified atom stereocenters. The first-order chi connectivity index (χ1) is 12.1. The summed E-state index contributed by atoms with van der Waals surface area (Å²) < 4.78 is 9.39. The van der Waals surface area contributed by atoms with E-state index in [1.165, 1.54) is 14.2 Å². The van der Waals surface area contributed by atoms with Crippen LogP contribution in [0.3, 0.4) is 0 Å². The van der Waals surface area contributed by atoms with Crippen LogP contribution >= 0.6 is 0 Å². The number of amides is 1. The van der Waals surface area contributed by atoms with Gasteiger partial charge in [0.25, 0.3) is 0 Å². The molecule has 1 amide bonds. The number of para-hydroxylation sites is 2. The molecule has 0 saturated carbocycles. The van der Waals surface area contributed by atoms with Gasteiger partial charge >= 0.3 is 11.9 Å². The highest BCUT2D eigenvalue weighted by Crippen LogP contribution is 2.17. The Labute approximate surface area is 144 Å². The second-order valence-corrected chi connectivity index (χ2v) is 4.98. The highest BCUT2D eigenvalue weighted by Gasteiger charge is 2.14. The molecule has 2 aromatic carbocycles. The van der Waals surface area contributed by atoms with Crippen LogP contribution in [-0.2, 0) is 14.3 Å². The molecule has 0 atom stereocenters. The Morgan fingerprint density at radius 2 is 1.28 bits per heavy atom. The number of nitrogens with one attached hydrogen (secondary N) is 2. The van der Waals surface area contributed by atoms with Gasteiger partial charge in [0.15, 0.2) is 0 Å². The average molecular weight is 342 g/mol. The van der Waals surface area contributed by atoms with Crippen LogP contribution in [0.4, 0.5) is 11.4 Å². The van der Waals surface area contributed by atoms with Crippen molar-refractivity contribution >= 4 is 29.2 Å². The van der Waals surface area contributed by atoms with Crippen molar-refractivity contribution in [1.82, 2.24) is 0 Å². The van der Waals surface area contributed by atoms with E-state index in [4.69, 9.17) is 4.74 Å². The van der Waals surface area contributed by atoms with Crippen molar-refractivity contribution in [3.05, 3.63) is 59.7 Å². The lowest BCUT2D eigenvalue weighted by molar-refractivity contribution is -0.114. The number of hydrogen-bond donors (Lipinski definition) is 2. The number of hydrogen-bond acceptors (Lipinski definition) is 6. The van der Waals surface area contributed by atoms with Gasteiger partial charge in [0.05, 0.1) is 37.6 Å². The lowest BCUT2D eigenvalue weighted by Gasteiger charge is -2.12. The van der Waals surface area contributed by atoms with Crippen molar-refractivity contribution < 1.29 is 23.9 Å². The largest absolute Gasteiger partial charge is 0.465 e. The van der Waals surface area contributed by atoms with Crippen LogP contribution in [0.15, 0.2) is 48.5 Å². The Bertz CT molecular complexity index is 789. The fourth-order valence-electron chi connectivity index (χ4n) is 2.18. The standard InChI is InChI=1S/C18H18N2O5/c1-24-17(22)12-7-3-5-9-14(12)19-11-16(21)20-15-10-6-4-8-13(15)18(23)25-2/h3-10,19H,11H2,1-2H3,(H,20,21). The summed E-state index contributed by atoms with van der Waals surface area (Å²) in [6.45, 7) is -0.0937. The number of esters is 2. The summed E-state index contributed by atoms with van der Waals surface area (Å²) in [5.74, 6) is -1.42. The number of methoxy groups -OCH3 is 2. The summed E-state index contributed by atoms with van der Waals surface area (Å²) in [7, 11) is 2.56. The van der Waals surface area contributed by atoms with E-state index in [1.54, 1.807) is 48.5 Å². The summed E-state index contributed by atoms with van der Waals surface area (Å²) in [6.07, 6.45) is 0. The highest BCUT2D eigenvalue weighted by atomic mass is 16.5. The van der Waals surface area contributed by atoms with Gasteiger partial charge in [-0.2, -0.15) is 0 Å². The molecule has 0 aliphatic carbocycles. The molecule has 25 heavy (non-hydrogen) atoms. The summed E-state index contributed by atoms with van der Waals surface area (Å²) in [4.78, 5) is 35.6. The zero-order valence-corrected chi connectivity index (χ0v) is 13.9. The molecule has 0 aromatic heterocycles. The van der Waals surface area contributed by atoms with E-state index < -0.39 is 11.9 Å². The van der Waals surface area contributed by atoms with Gasteiger partial charge in [-0.3, -0.25) is 4.79 Å². The van der Waals surface area contributed by atoms with Gasteiger partial charge in [0.1, 0.15) is 0 Å². The smallest absolute Gasteiger partial charge is 0.339 e. The first-order valence-corrected chi connectivity index (χ1v) is 7.45. The Morgan fingerprint density at radius 3 is 1.84 bits per heavy atom. The minimum atomic E-state index is -0.542. The summed E-state index contributed by atoms with van der Waals surface area (Å²) in [6, 6.07) is 13.2. The molecule has 2 N–H and O–H groups in total. The lowest BCUT2D eigenvalue weighted by Crippen LogP contribution is -2.24. The molecule has 0 fully saturated rings. The molecule has 0 spiro atoms. The molecule has 0 radical (unpaired) electrons. The van der Waals surface area contributed by atoms with E-state index in [-0.39, 0.29) is 18.0 Å². The number of carbonyl (C=O) groups is 3. The fourth-order valence-corrected chi connectivity index (χ4v) is 2.18. The van der Waals surface area contributed by atoms with E-state index in [0.29, 0.717) is 16.9 Å². The zero-order chi connectivity index (χ0) is 18.2. The van der Waals surface area contributed by atoms with Crippen LogP contribution in [0.25, 0.3) is 0 Å². The van der Waals surface area contributed by atoms with Gasteiger partial charge in [0, 0.05) is 5.69 Å². The summed E-state index contributed by atoms with van der Waals surface area (Å²) >= 11 is 0. The van der Waals surface area contributed by atoms with Gasteiger partial charge in [-0.15, -0.1) is 0 Å². The molecule has 0 bridgehead atoms. The van der Waals surface area contributed by atoms with Gasteiger partial charge < -0.3 is 20.1 Å². The van der Waals surface area contributed by atoms with Gasteiger partial charge in [0.2, 0.25) is 5.91 Å². The molecule has 0 aliphatic heterocycles. The van der Waals surface area contributed by atoms with Crippen molar-refractivity contribution in [2.45, 2.75) is 0 Å². The Kier molecular flexibility index (Phi) is 6.11. The number of anilines is 2. The van der Waals surface area contributed by atoms with Gasteiger partial charge in [-0.05, 0) is 24.3 Å². The van der Waals surface area contributed by atoms with Crippen LogP contribution in [-0.4, -0.2) is 38.6 Å². The highest BCUT2D eigenvalue weighted by molar-refractivity contribution is 6.02. The topological polar surface area (TPSA) is 93.7 Å². The molecule has 7 heteroatoms. The van der Waals surface area contributed by atoms with Crippen molar-refractivity contribution in [2.75, 3.05) is 31.4 Å². The predicted molar refractivity (Wildman–Crippen MR) is 92.7 cm³/mol. The van der Waals surface area contributed by atoms with Gasteiger partial charge in [-0.25, -0.2) is 9.59 Å². The third-order valence-corrected chi connectivity index (χ3v) is 3.38. The van der Waals surface area contributed by atoms with Crippen LogP contribution in [0.5, 0.6) is 0 Å². The van der Waals surface area contributed by atoms with Crippen LogP contribution in [0.1, 0.15) is 20.7 Å². The van der Waals surface area contributed by atoms with Crippen molar-refractivity contribution in [2.24, 2.45) is 0 Å². The van der Waals surface area contributed by atoms with E-state index in [1.807, 2.05) is 0 Å². The van der Waals surface area contributed by atoms with Gasteiger partial charge in [-0.1, -0.05) is 24.3 Å². The number of carbonyl (C=O) groups excluding carboxylic acids is 3. The molecule has 0 saturated heterocycles. The molecule has 130 valence electrons. The van der Waals surface area contributed by atoms with Crippen LogP contribution < -0.4 is 10.6 Å². The zero-order valence-electron chi connectivity index (χ0n) is 13.9. The molecular formula is C18H18N2O5. The third kappa shape index (κ3) is 4.57. The van der Waals surface area contributed by atoms with Crippen LogP contribution in [0, 0.1) is 0 Å². The minimum absolute atomic E-state index is 0.0937. The number of benzene rings is 2. The molecule has 7 nitrogen and oxygen atoms in total. The quantitative estimate of drug-likeness (QED) is 0.783. The fraction of sp³-hybridized carbons (Fsp3) is 0.167. The Hall–Kier alpha value is -3.35. The molecule has 2 aromatic rings. The summed E-state index contributed by atoms with van der Waals surface area (Å²) in [5, 5.41) is 5.52. The second-order valence-electron chi connectivity index (χ2n) is 4.98. The van der Waals surface area contributed by atoms with Crippen molar-refractivity contribution in [3.63, 3.8) is 0 Å². The van der Waals surface area contributed by atoms with E-state index >= 15 is 0 Å². The average Bonchev–Trinajstić information content (AvgIpc) is 2.65. The Balaban J connectivity index is 2.06. The maximum atomic E-state index is 12.2. The molecule has 2 rings (SSSR count). The third-order valence-electron chi connectivity index (χ3n) is 3.38. The number of rotatable bonds is 6. The first kappa shape index (κ1) is 18.0.